The molecule has 1 aromatic heterocycles. The van der Waals surface area contributed by atoms with E-state index in [4.69, 9.17) is 11.6 Å². The minimum Gasteiger partial charge on any atom is -0.353 e. The van der Waals surface area contributed by atoms with Crippen LogP contribution >= 0.6 is 11.6 Å². The molecular formula is C17H23ClN4O. The van der Waals surface area contributed by atoms with E-state index in [1.807, 2.05) is 25.1 Å². The molecule has 1 amide bonds. The standard InChI is InChI=1S/C17H23ClN4O/c1-3-11(2)19-16(23)12-6-8-22(9-7-12)17-20-14-5-4-13(18)10-15(14)21-17/h4-5,10-12H,3,6-9H2,1-2H3,(H,19,23)(H,20,21)/t11-/m0/s1. The first-order valence-corrected chi connectivity index (χ1v) is 8.65. The monoisotopic (exact) mass is 334 g/mol. The number of imidazole rings is 1. The fourth-order valence-electron chi connectivity index (χ4n) is 2.93. The van der Waals surface area contributed by atoms with Gasteiger partial charge in [-0.1, -0.05) is 18.5 Å². The highest BCUT2D eigenvalue weighted by Crippen LogP contribution is 2.25. The first kappa shape index (κ1) is 16.1. The van der Waals surface area contributed by atoms with Crippen LogP contribution in [0.5, 0.6) is 0 Å². The van der Waals surface area contributed by atoms with E-state index in [0.29, 0.717) is 5.02 Å². The number of fused-ring (bicyclic) bond motifs is 1. The minimum absolute atomic E-state index is 0.110. The molecule has 0 unspecified atom stereocenters. The van der Waals surface area contributed by atoms with Gasteiger partial charge in [-0.25, -0.2) is 4.98 Å². The zero-order chi connectivity index (χ0) is 16.4. The molecule has 2 aromatic rings. The molecule has 0 radical (unpaired) electrons. The molecule has 3 rings (SSSR count). The first-order valence-electron chi connectivity index (χ1n) is 8.27. The van der Waals surface area contributed by atoms with Gasteiger partial charge in [0.15, 0.2) is 0 Å². The van der Waals surface area contributed by atoms with Crippen molar-refractivity contribution in [1.82, 2.24) is 15.3 Å². The predicted octanol–water partition coefficient (Wildman–Crippen LogP) is 3.35. The first-order chi connectivity index (χ1) is 11.1. The van der Waals surface area contributed by atoms with Crippen molar-refractivity contribution in [2.75, 3.05) is 18.0 Å². The van der Waals surface area contributed by atoms with E-state index in [9.17, 15) is 4.79 Å². The van der Waals surface area contributed by atoms with Crippen molar-refractivity contribution in [3.63, 3.8) is 0 Å². The number of hydrogen-bond donors (Lipinski definition) is 2. The smallest absolute Gasteiger partial charge is 0.223 e. The maximum Gasteiger partial charge on any atom is 0.223 e. The number of nitrogens with zero attached hydrogens (tertiary/aromatic N) is 2. The van der Waals surface area contributed by atoms with Gasteiger partial charge < -0.3 is 15.2 Å². The molecular weight excluding hydrogens is 312 g/mol. The quantitative estimate of drug-likeness (QED) is 0.901. The third-order valence-corrected chi connectivity index (χ3v) is 4.83. The zero-order valence-corrected chi connectivity index (χ0v) is 14.4. The Labute approximate surface area is 141 Å². The average Bonchev–Trinajstić information content (AvgIpc) is 2.97. The number of nitrogens with one attached hydrogen (secondary N) is 2. The lowest BCUT2D eigenvalue weighted by molar-refractivity contribution is -0.126. The number of hydrogen-bond acceptors (Lipinski definition) is 3. The highest BCUT2D eigenvalue weighted by atomic mass is 35.5. The summed E-state index contributed by atoms with van der Waals surface area (Å²) in [6.07, 6.45) is 2.69. The van der Waals surface area contributed by atoms with Gasteiger partial charge in [-0.15, -0.1) is 0 Å². The number of piperidine rings is 1. The van der Waals surface area contributed by atoms with Crippen molar-refractivity contribution in [3.05, 3.63) is 23.2 Å². The Hall–Kier alpha value is -1.75. The van der Waals surface area contributed by atoms with E-state index in [1.54, 1.807) is 0 Å². The maximum atomic E-state index is 12.2. The number of rotatable bonds is 4. The summed E-state index contributed by atoms with van der Waals surface area (Å²) in [4.78, 5) is 22.4. The number of anilines is 1. The number of halogens is 1. The fraction of sp³-hybridized carbons (Fsp3) is 0.529. The van der Waals surface area contributed by atoms with Gasteiger partial charge in [-0.05, 0) is 44.4 Å². The number of carbonyl (C=O) groups is 1. The Morgan fingerprint density at radius 3 is 2.91 bits per heavy atom. The highest BCUT2D eigenvalue weighted by Gasteiger charge is 2.26. The van der Waals surface area contributed by atoms with Crippen LogP contribution in [0.25, 0.3) is 11.0 Å². The molecule has 1 atom stereocenters. The summed E-state index contributed by atoms with van der Waals surface area (Å²) in [6, 6.07) is 5.91. The molecule has 1 saturated heterocycles. The second-order valence-corrected chi connectivity index (χ2v) is 6.74. The Bertz CT molecular complexity index is 691. The van der Waals surface area contributed by atoms with Gasteiger partial charge >= 0.3 is 0 Å². The largest absolute Gasteiger partial charge is 0.353 e. The molecule has 0 spiro atoms. The summed E-state index contributed by atoms with van der Waals surface area (Å²) in [5, 5.41) is 3.79. The number of amides is 1. The van der Waals surface area contributed by atoms with Crippen LogP contribution in [0.3, 0.4) is 0 Å². The molecule has 5 nitrogen and oxygen atoms in total. The summed E-state index contributed by atoms with van der Waals surface area (Å²) < 4.78 is 0. The molecule has 2 N–H and O–H groups in total. The molecule has 1 aliphatic rings. The number of aromatic amines is 1. The molecule has 0 saturated carbocycles. The average molecular weight is 335 g/mol. The number of carbonyl (C=O) groups excluding carboxylic acids is 1. The maximum absolute atomic E-state index is 12.2. The molecule has 23 heavy (non-hydrogen) atoms. The molecule has 1 aliphatic heterocycles. The van der Waals surface area contributed by atoms with Crippen LogP contribution in [0.2, 0.25) is 5.02 Å². The Morgan fingerprint density at radius 2 is 2.22 bits per heavy atom. The summed E-state index contributed by atoms with van der Waals surface area (Å²) in [7, 11) is 0. The topological polar surface area (TPSA) is 61.0 Å². The molecule has 0 aliphatic carbocycles. The third kappa shape index (κ3) is 3.61. The third-order valence-electron chi connectivity index (χ3n) is 4.60. The van der Waals surface area contributed by atoms with E-state index in [-0.39, 0.29) is 17.9 Å². The minimum atomic E-state index is 0.110. The Kier molecular flexibility index (Phi) is 4.76. The lowest BCUT2D eigenvalue weighted by Crippen LogP contribution is -2.43. The normalized spacial score (nSPS) is 17.4. The lowest BCUT2D eigenvalue weighted by Gasteiger charge is -2.31. The molecule has 2 heterocycles. The molecule has 1 aromatic carbocycles. The van der Waals surface area contributed by atoms with E-state index < -0.39 is 0 Å². The van der Waals surface area contributed by atoms with Crippen molar-refractivity contribution < 1.29 is 4.79 Å². The van der Waals surface area contributed by atoms with Crippen molar-refractivity contribution in [2.24, 2.45) is 5.92 Å². The second kappa shape index (κ2) is 6.79. The van der Waals surface area contributed by atoms with Crippen LogP contribution in [-0.2, 0) is 4.79 Å². The van der Waals surface area contributed by atoms with Crippen LogP contribution in [0.15, 0.2) is 18.2 Å². The molecule has 0 bridgehead atoms. The van der Waals surface area contributed by atoms with Crippen LogP contribution in [-0.4, -0.2) is 35.0 Å². The molecule has 1 fully saturated rings. The van der Waals surface area contributed by atoms with Crippen LogP contribution in [0, 0.1) is 5.92 Å². The van der Waals surface area contributed by atoms with E-state index in [2.05, 4.69) is 27.1 Å². The van der Waals surface area contributed by atoms with Gasteiger partial charge in [0.25, 0.3) is 0 Å². The Balaban J connectivity index is 1.62. The van der Waals surface area contributed by atoms with Gasteiger partial charge in [0, 0.05) is 30.1 Å². The molecule has 6 heteroatoms. The van der Waals surface area contributed by atoms with Crippen LogP contribution in [0.1, 0.15) is 33.1 Å². The van der Waals surface area contributed by atoms with E-state index in [1.165, 1.54) is 0 Å². The zero-order valence-electron chi connectivity index (χ0n) is 13.6. The summed E-state index contributed by atoms with van der Waals surface area (Å²) in [5.74, 6) is 1.16. The Morgan fingerprint density at radius 1 is 1.48 bits per heavy atom. The van der Waals surface area contributed by atoms with E-state index in [0.717, 1.165) is 49.3 Å². The van der Waals surface area contributed by atoms with Crippen LogP contribution < -0.4 is 10.2 Å². The van der Waals surface area contributed by atoms with Crippen molar-refractivity contribution >= 4 is 34.5 Å². The summed E-state index contributed by atoms with van der Waals surface area (Å²) >= 11 is 6.02. The lowest BCUT2D eigenvalue weighted by atomic mass is 9.95. The fourth-order valence-corrected chi connectivity index (χ4v) is 3.11. The second-order valence-electron chi connectivity index (χ2n) is 6.30. The van der Waals surface area contributed by atoms with Gasteiger partial charge in [0.2, 0.25) is 11.9 Å². The van der Waals surface area contributed by atoms with Crippen molar-refractivity contribution in [2.45, 2.75) is 39.2 Å². The summed E-state index contributed by atoms with van der Waals surface area (Å²) in [5.41, 5.74) is 1.87. The number of H-pyrrole nitrogens is 1. The van der Waals surface area contributed by atoms with Crippen molar-refractivity contribution in [3.8, 4) is 0 Å². The molecule has 124 valence electrons. The van der Waals surface area contributed by atoms with Gasteiger partial charge in [-0.2, -0.15) is 0 Å². The van der Waals surface area contributed by atoms with Gasteiger partial charge in [0.1, 0.15) is 0 Å². The SMILES string of the molecule is CC[C@H](C)NC(=O)C1CCN(c2nc3ccc(Cl)cc3[nH]2)CC1. The summed E-state index contributed by atoms with van der Waals surface area (Å²) in [6.45, 7) is 5.81. The van der Waals surface area contributed by atoms with Gasteiger partial charge in [0.05, 0.1) is 11.0 Å². The predicted molar refractivity (Wildman–Crippen MR) is 93.9 cm³/mol. The number of benzene rings is 1. The van der Waals surface area contributed by atoms with Crippen molar-refractivity contribution in [1.29, 1.82) is 0 Å². The highest BCUT2D eigenvalue weighted by molar-refractivity contribution is 6.31. The van der Waals surface area contributed by atoms with Crippen LogP contribution in [0.4, 0.5) is 5.95 Å². The van der Waals surface area contributed by atoms with E-state index >= 15 is 0 Å². The van der Waals surface area contributed by atoms with Gasteiger partial charge in [-0.3, -0.25) is 4.79 Å². The number of aromatic nitrogens is 2.